The van der Waals surface area contributed by atoms with Gasteiger partial charge < -0.3 is 19.8 Å². The van der Waals surface area contributed by atoms with Gasteiger partial charge in [0.05, 0.1) is 11.1 Å². The lowest BCUT2D eigenvalue weighted by atomic mass is 9.58. The molecule has 3 saturated carbocycles. The number of amides is 1. The molecule has 0 saturated heterocycles. The fourth-order valence-corrected chi connectivity index (χ4v) is 5.92. The first-order valence-corrected chi connectivity index (χ1v) is 13.7. The summed E-state index contributed by atoms with van der Waals surface area (Å²) in [6, 6.07) is 6.49. The number of nitrogens with one attached hydrogen (secondary N) is 2. The lowest BCUT2D eigenvalue weighted by molar-refractivity contribution is 0.102. The van der Waals surface area contributed by atoms with Gasteiger partial charge in [0.1, 0.15) is 23.5 Å². The van der Waals surface area contributed by atoms with Gasteiger partial charge in [-0.05, 0) is 92.1 Å². The third-order valence-corrected chi connectivity index (χ3v) is 8.30. The van der Waals surface area contributed by atoms with E-state index in [1.54, 1.807) is 29.1 Å². The summed E-state index contributed by atoms with van der Waals surface area (Å²) >= 11 is 0. The van der Waals surface area contributed by atoms with E-state index in [2.05, 4.69) is 27.8 Å². The summed E-state index contributed by atoms with van der Waals surface area (Å²) in [6.45, 7) is 4.31. The number of aryl methyl sites for hydroxylation is 1. The summed E-state index contributed by atoms with van der Waals surface area (Å²) in [5, 5.41) is 14.6. The van der Waals surface area contributed by atoms with E-state index in [9.17, 15) is 9.59 Å². The van der Waals surface area contributed by atoms with Crippen molar-refractivity contribution in [2.45, 2.75) is 64.0 Å². The molecule has 0 spiro atoms. The SMILES string of the molecule is CC1CC(c2ccc(F)c(NC(=O)c3cc(CNCC4CC4)cn(CC4CC4)c3=O)c2)(c2nncn2C)C1. The molecule has 200 valence electrons. The predicted molar refractivity (Wildman–Crippen MR) is 142 cm³/mol. The third kappa shape index (κ3) is 4.91. The highest BCUT2D eigenvalue weighted by Gasteiger charge is 2.48. The Hall–Kier alpha value is -3.33. The quantitative estimate of drug-likeness (QED) is 0.423. The molecule has 0 atom stereocenters. The van der Waals surface area contributed by atoms with Crippen molar-refractivity contribution in [1.29, 1.82) is 0 Å². The zero-order valence-electron chi connectivity index (χ0n) is 22.0. The van der Waals surface area contributed by atoms with Crippen LogP contribution in [0.15, 0.2) is 41.6 Å². The average Bonchev–Trinajstić information content (AvgIpc) is 3.80. The Labute approximate surface area is 221 Å². The van der Waals surface area contributed by atoms with Crippen LogP contribution in [0.2, 0.25) is 0 Å². The minimum absolute atomic E-state index is 0.0430. The van der Waals surface area contributed by atoms with E-state index in [-0.39, 0.29) is 22.2 Å². The van der Waals surface area contributed by atoms with Gasteiger partial charge in [-0.2, -0.15) is 0 Å². The molecule has 9 heteroatoms. The molecule has 6 rings (SSSR count). The molecule has 0 unspecified atom stereocenters. The van der Waals surface area contributed by atoms with E-state index < -0.39 is 11.7 Å². The summed E-state index contributed by atoms with van der Waals surface area (Å²) in [4.78, 5) is 26.7. The maximum absolute atomic E-state index is 15.0. The molecule has 0 radical (unpaired) electrons. The highest BCUT2D eigenvalue weighted by atomic mass is 19.1. The van der Waals surface area contributed by atoms with E-state index in [1.165, 1.54) is 18.9 Å². The number of aromatic nitrogens is 4. The van der Waals surface area contributed by atoms with Gasteiger partial charge in [-0.3, -0.25) is 9.59 Å². The number of pyridine rings is 1. The normalized spacial score (nSPS) is 22.8. The van der Waals surface area contributed by atoms with Crippen LogP contribution >= 0.6 is 0 Å². The fourth-order valence-electron chi connectivity index (χ4n) is 5.92. The van der Waals surface area contributed by atoms with Gasteiger partial charge in [0.2, 0.25) is 0 Å². The van der Waals surface area contributed by atoms with Crippen molar-refractivity contribution in [2.75, 3.05) is 11.9 Å². The van der Waals surface area contributed by atoms with Crippen molar-refractivity contribution >= 4 is 11.6 Å². The number of carbonyl (C=O) groups is 1. The lowest BCUT2D eigenvalue weighted by Gasteiger charge is -2.46. The molecule has 2 N–H and O–H groups in total. The Morgan fingerprint density at radius 2 is 1.92 bits per heavy atom. The minimum atomic E-state index is -0.589. The molecule has 2 heterocycles. The zero-order valence-corrected chi connectivity index (χ0v) is 22.0. The number of halogens is 1. The molecule has 0 aliphatic heterocycles. The Bertz CT molecular complexity index is 1410. The summed E-state index contributed by atoms with van der Waals surface area (Å²) in [6.07, 6.45) is 9.96. The van der Waals surface area contributed by atoms with Gasteiger partial charge in [-0.1, -0.05) is 13.0 Å². The Morgan fingerprint density at radius 3 is 2.58 bits per heavy atom. The van der Waals surface area contributed by atoms with Crippen molar-refractivity contribution in [1.82, 2.24) is 24.6 Å². The fraction of sp³-hybridized carbons (Fsp3) is 0.517. The van der Waals surface area contributed by atoms with Gasteiger partial charge in [0.25, 0.3) is 11.5 Å². The average molecular weight is 519 g/mol. The molecule has 2 aromatic heterocycles. The molecule has 38 heavy (non-hydrogen) atoms. The Balaban J connectivity index is 1.28. The number of nitrogens with zero attached hydrogens (tertiary/aromatic N) is 4. The Kier molecular flexibility index (Phi) is 6.42. The largest absolute Gasteiger partial charge is 0.320 e. The van der Waals surface area contributed by atoms with Crippen LogP contribution in [0, 0.1) is 23.6 Å². The maximum Gasteiger partial charge on any atom is 0.263 e. The van der Waals surface area contributed by atoms with Crippen molar-refractivity contribution in [3.63, 3.8) is 0 Å². The van der Waals surface area contributed by atoms with E-state index >= 15 is 4.39 Å². The lowest BCUT2D eigenvalue weighted by Crippen LogP contribution is -2.43. The number of carbonyl (C=O) groups excluding carboxylic acids is 1. The number of rotatable bonds is 10. The number of benzene rings is 1. The van der Waals surface area contributed by atoms with E-state index in [1.807, 2.05) is 17.8 Å². The van der Waals surface area contributed by atoms with Crippen LogP contribution in [0.5, 0.6) is 0 Å². The van der Waals surface area contributed by atoms with Crippen LogP contribution < -0.4 is 16.2 Å². The van der Waals surface area contributed by atoms with Gasteiger partial charge in [0.15, 0.2) is 0 Å². The Morgan fingerprint density at radius 1 is 1.16 bits per heavy atom. The summed E-state index contributed by atoms with van der Waals surface area (Å²) in [7, 11) is 1.91. The topological polar surface area (TPSA) is 93.8 Å². The molecule has 3 fully saturated rings. The van der Waals surface area contributed by atoms with Crippen LogP contribution in [0.25, 0.3) is 0 Å². The van der Waals surface area contributed by atoms with Crippen LogP contribution in [-0.4, -0.2) is 31.8 Å². The summed E-state index contributed by atoms with van der Waals surface area (Å²) < 4.78 is 18.6. The van der Waals surface area contributed by atoms with Crippen molar-refractivity contribution in [2.24, 2.45) is 24.8 Å². The van der Waals surface area contributed by atoms with Crippen molar-refractivity contribution in [3.05, 3.63) is 75.5 Å². The van der Waals surface area contributed by atoms with Crippen molar-refractivity contribution < 1.29 is 9.18 Å². The first kappa shape index (κ1) is 25.0. The molecular formula is C29H35FN6O2. The molecule has 3 aromatic rings. The minimum Gasteiger partial charge on any atom is -0.320 e. The first-order valence-electron chi connectivity index (χ1n) is 13.7. The first-order chi connectivity index (χ1) is 18.3. The van der Waals surface area contributed by atoms with Gasteiger partial charge in [-0.15, -0.1) is 10.2 Å². The van der Waals surface area contributed by atoms with E-state index in [4.69, 9.17) is 0 Å². The molecule has 3 aliphatic rings. The number of anilines is 1. The van der Waals surface area contributed by atoms with E-state index in [0.29, 0.717) is 24.9 Å². The summed E-state index contributed by atoms with van der Waals surface area (Å²) in [5.41, 5.74) is 1.16. The molecule has 8 nitrogen and oxygen atoms in total. The number of hydrogen-bond donors (Lipinski definition) is 2. The molecule has 1 amide bonds. The summed E-state index contributed by atoms with van der Waals surface area (Å²) in [5.74, 6) is 1.41. The molecular weight excluding hydrogens is 483 g/mol. The highest BCUT2D eigenvalue weighted by Crippen LogP contribution is 2.51. The number of hydrogen-bond acceptors (Lipinski definition) is 5. The van der Waals surface area contributed by atoms with Crippen LogP contribution in [0.4, 0.5) is 10.1 Å². The third-order valence-electron chi connectivity index (χ3n) is 8.30. The zero-order chi connectivity index (χ0) is 26.4. The standard InChI is InChI=1S/C29H35FN6O2/c1-18-11-29(12-18,28-34-32-17-35(28)2)22-7-8-24(30)25(10-22)33-26(37)23-9-21(14-31-13-19-3-4-19)16-36(27(23)38)15-20-5-6-20/h7-10,16-20,31H,3-6,11-15H2,1-2H3,(H,33,37). The van der Waals surface area contributed by atoms with Crippen molar-refractivity contribution in [3.8, 4) is 0 Å². The van der Waals surface area contributed by atoms with Gasteiger partial charge >= 0.3 is 0 Å². The molecule has 1 aromatic carbocycles. The van der Waals surface area contributed by atoms with Crippen LogP contribution in [0.3, 0.4) is 0 Å². The highest BCUT2D eigenvalue weighted by molar-refractivity contribution is 6.04. The van der Waals surface area contributed by atoms with Gasteiger partial charge in [-0.25, -0.2) is 4.39 Å². The molecule has 3 aliphatic carbocycles. The van der Waals surface area contributed by atoms with Crippen LogP contribution in [0.1, 0.15) is 72.8 Å². The monoisotopic (exact) mass is 518 g/mol. The second kappa shape index (κ2) is 9.76. The predicted octanol–water partition coefficient (Wildman–Crippen LogP) is 3.99. The second-order valence-electron chi connectivity index (χ2n) is 11.7. The maximum atomic E-state index is 15.0. The second-order valence-corrected chi connectivity index (χ2v) is 11.7. The molecule has 0 bridgehead atoms. The smallest absolute Gasteiger partial charge is 0.263 e. The van der Waals surface area contributed by atoms with Crippen LogP contribution in [-0.2, 0) is 25.6 Å². The van der Waals surface area contributed by atoms with E-state index in [0.717, 1.165) is 55.1 Å². The van der Waals surface area contributed by atoms with Gasteiger partial charge in [0, 0.05) is 26.3 Å².